The monoisotopic (exact) mass is 275 g/mol. The van der Waals surface area contributed by atoms with E-state index in [1.165, 1.54) is 12.0 Å². The number of amides is 1. The van der Waals surface area contributed by atoms with Gasteiger partial charge in [-0.15, -0.1) is 0 Å². The van der Waals surface area contributed by atoms with Crippen molar-refractivity contribution >= 4 is 5.91 Å². The number of carbonyl (C=O) groups excluding carboxylic acids is 1. The second kappa shape index (κ2) is 8.05. The first kappa shape index (κ1) is 15.0. The number of likely N-dealkylation sites (tertiary alicyclic amines) is 1. The number of ether oxygens (including phenoxy) is 1. The summed E-state index contributed by atoms with van der Waals surface area (Å²) in [5.74, 6) is 0.805. The van der Waals surface area contributed by atoms with Crippen molar-refractivity contribution in [1.29, 1.82) is 0 Å². The molecule has 1 atom stereocenters. The highest BCUT2D eigenvalue weighted by molar-refractivity contribution is 5.76. The van der Waals surface area contributed by atoms with Crippen LogP contribution in [-0.2, 0) is 16.0 Å². The van der Waals surface area contributed by atoms with Crippen LogP contribution in [0.15, 0.2) is 30.3 Å². The lowest BCUT2D eigenvalue weighted by Gasteiger charge is -2.32. The van der Waals surface area contributed by atoms with Gasteiger partial charge in [-0.3, -0.25) is 4.79 Å². The summed E-state index contributed by atoms with van der Waals surface area (Å²) in [6, 6.07) is 10.2. The maximum atomic E-state index is 12.3. The van der Waals surface area contributed by atoms with Crippen molar-refractivity contribution < 1.29 is 9.53 Å². The minimum absolute atomic E-state index is 0.287. The zero-order chi connectivity index (χ0) is 14.2. The molecule has 1 aliphatic rings. The molecule has 2 rings (SSSR count). The van der Waals surface area contributed by atoms with Crippen LogP contribution >= 0.6 is 0 Å². The van der Waals surface area contributed by atoms with Crippen LogP contribution in [0, 0.1) is 5.92 Å². The molecule has 1 fully saturated rings. The van der Waals surface area contributed by atoms with Crippen LogP contribution in [0.25, 0.3) is 0 Å². The minimum atomic E-state index is 0.287. The van der Waals surface area contributed by atoms with Gasteiger partial charge in [0.2, 0.25) is 5.91 Å². The Bertz CT molecular complexity index is 405. The molecule has 0 spiro atoms. The lowest BCUT2D eigenvalue weighted by atomic mass is 9.98. The number of hydrogen-bond donors (Lipinski definition) is 0. The summed E-state index contributed by atoms with van der Waals surface area (Å²) in [7, 11) is 0. The van der Waals surface area contributed by atoms with Gasteiger partial charge in [0.15, 0.2) is 0 Å². The number of rotatable bonds is 6. The number of hydrogen-bond acceptors (Lipinski definition) is 2. The number of piperidine rings is 1. The van der Waals surface area contributed by atoms with E-state index >= 15 is 0 Å². The van der Waals surface area contributed by atoms with Crippen molar-refractivity contribution in [2.45, 2.75) is 32.6 Å². The molecule has 1 aromatic rings. The zero-order valence-electron chi connectivity index (χ0n) is 12.4. The van der Waals surface area contributed by atoms with E-state index < -0.39 is 0 Å². The van der Waals surface area contributed by atoms with E-state index in [-0.39, 0.29) is 5.91 Å². The van der Waals surface area contributed by atoms with Crippen LogP contribution in [-0.4, -0.2) is 37.1 Å². The van der Waals surface area contributed by atoms with Gasteiger partial charge < -0.3 is 9.64 Å². The highest BCUT2D eigenvalue weighted by Gasteiger charge is 2.23. The predicted molar refractivity (Wildman–Crippen MR) is 80.6 cm³/mol. The Hall–Kier alpha value is -1.35. The van der Waals surface area contributed by atoms with E-state index in [0.717, 1.165) is 39.1 Å². The Balaban J connectivity index is 1.77. The standard InChI is InChI=1S/C17H25NO2/c1-2-20-14-16-9-6-12-18(13-16)17(19)11-10-15-7-4-3-5-8-15/h3-5,7-8,16H,2,6,9-14H2,1H3. The number of benzene rings is 1. The molecule has 110 valence electrons. The van der Waals surface area contributed by atoms with Crippen LogP contribution in [0.5, 0.6) is 0 Å². The SMILES string of the molecule is CCOCC1CCCN(C(=O)CCc2ccccc2)C1. The molecular weight excluding hydrogens is 250 g/mol. The van der Waals surface area contributed by atoms with Gasteiger partial charge in [0.05, 0.1) is 6.61 Å². The van der Waals surface area contributed by atoms with Crippen LogP contribution in [0.2, 0.25) is 0 Å². The maximum Gasteiger partial charge on any atom is 0.222 e. The normalized spacial score (nSPS) is 19.1. The topological polar surface area (TPSA) is 29.5 Å². The van der Waals surface area contributed by atoms with Crippen LogP contribution < -0.4 is 0 Å². The molecule has 0 aromatic heterocycles. The molecule has 3 nitrogen and oxygen atoms in total. The van der Waals surface area contributed by atoms with Crippen molar-refractivity contribution in [2.24, 2.45) is 5.92 Å². The van der Waals surface area contributed by atoms with Crippen LogP contribution in [0.4, 0.5) is 0 Å². The van der Waals surface area contributed by atoms with E-state index in [9.17, 15) is 4.79 Å². The second-order valence-electron chi connectivity index (χ2n) is 5.49. The Morgan fingerprint density at radius 1 is 1.35 bits per heavy atom. The maximum absolute atomic E-state index is 12.3. The van der Waals surface area contributed by atoms with Crippen LogP contribution in [0.3, 0.4) is 0 Å². The quantitative estimate of drug-likeness (QED) is 0.799. The molecule has 0 N–H and O–H groups in total. The smallest absolute Gasteiger partial charge is 0.222 e. The van der Waals surface area contributed by atoms with Gasteiger partial charge in [-0.1, -0.05) is 30.3 Å². The summed E-state index contributed by atoms with van der Waals surface area (Å²) in [5, 5.41) is 0. The zero-order valence-corrected chi connectivity index (χ0v) is 12.4. The van der Waals surface area contributed by atoms with Gasteiger partial charge in [0.25, 0.3) is 0 Å². The van der Waals surface area contributed by atoms with E-state index in [0.29, 0.717) is 12.3 Å². The van der Waals surface area contributed by atoms with Crippen molar-refractivity contribution in [3.05, 3.63) is 35.9 Å². The summed E-state index contributed by atoms with van der Waals surface area (Å²) in [6.45, 7) is 5.35. The minimum Gasteiger partial charge on any atom is -0.381 e. The Kier molecular flexibility index (Phi) is 6.06. The molecule has 3 heteroatoms. The molecule has 0 saturated carbocycles. The average molecular weight is 275 g/mol. The van der Waals surface area contributed by atoms with Crippen molar-refractivity contribution in [2.75, 3.05) is 26.3 Å². The third-order valence-electron chi connectivity index (χ3n) is 3.90. The van der Waals surface area contributed by atoms with Gasteiger partial charge in [0.1, 0.15) is 0 Å². The second-order valence-corrected chi connectivity index (χ2v) is 5.49. The third-order valence-corrected chi connectivity index (χ3v) is 3.90. The largest absolute Gasteiger partial charge is 0.381 e. The Labute approximate surface area is 121 Å². The first-order valence-electron chi connectivity index (χ1n) is 7.69. The highest BCUT2D eigenvalue weighted by atomic mass is 16.5. The lowest BCUT2D eigenvalue weighted by molar-refractivity contribution is -0.133. The number of nitrogens with zero attached hydrogens (tertiary/aromatic N) is 1. The Morgan fingerprint density at radius 2 is 2.15 bits per heavy atom. The molecule has 1 heterocycles. The Morgan fingerprint density at radius 3 is 2.90 bits per heavy atom. The fraction of sp³-hybridized carbons (Fsp3) is 0.588. The van der Waals surface area contributed by atoms with Gasteiger partial charge in [0, 0.05) is 26.1 Å². The average Bonchev–Trinajstić information content (AvgIpc) is 2.52. The van der Waals surface area contributed by atoms with Crippen molar-refractivity contribution in [1.82, 2.24) is 4.90 Å². The first-order valence-corrected chi connectivity index (χ1v) is 7.69. The molecule has 20 heavy (non-hydrogen) atoms. The third kappa shape index (κ3) is 4.64. The van der Waals surface area contributed by atoms with Gasteiger partial charge >= 0.3 is 0 Å². The predicted octanol–water partition coefficient (Wildman–Crippen LogP) is 2.89. The molecule has 0 radical (unpaired) electrons. The van der Waals surface area contributed by atoms with Gasteiger partial charge in [-0.25, -0.2) is 0 Å². The van der Waals surface area contributed by atoms with E-state index in [1.807, 2.05) is 30.0 Å². The number of carbonyl (C=O) groups is 1. The molecule has 1 aliphatic heterocycles. The fourth-order valence-electron chi connectivity index (χ4n) is 2.77. The summed E-state index contributed by atoms with van der Waals surface area (Å²) in [6.07, 6.45) is 3.74. The molecule has 1 unspecified atom stereocenters. The first-order chi connectivity index (χ1) is 9.79. The molecule has 1 saturated heterocycles. The van der Waals surface area contributed by atoms with Crippen molar-refractivity contribution in [3.8, 4) is 0 Å². The van der Waals surface area contributed by atoms with Gasteiger partial charge in [-0.05, 0) is 37.7 Å². The summed E-state index contributed by atoms with van der Waals surface area (Å²) in [4.78, 5) is 14.3. The van der Waals surface area contributed by atoms with Crippen LogP contribution in [0.1, 0.15) is 31.7 Å². The van der Waals surface area contributed by atoms with Gasteiger partial charge in [-0.2, -0.15) is 0 Å². The summed E-state index contributed by atoms with van der Waals surface area (Å²) in [5.41, 5.74) is 1.24. The highest BCUT2D eigenvalue weighted by Crippen LogP contribution is 2.18. The van der Waals surface area contributed by atoms with E-state index in [1.54, 1.807) is 0 Å². The molecular formula is C17H25NO2. The van der Waals surface area contributed by atoms with E-state index in [2.05, 4.69) is 12.1 Å². The summed E-state index contributed by atoms with van der Waals surface area (Å²) < 4.78 is 5.49. The van der Waals surface area contributed by atoms with Crippen molar-refractivity contribution in [3.63, 3.8) is 0 Å². The fourth-order valence-corrected chi connectivity index (χ4v) is 2.77. The molecule has 0 aliphatic carbocycles. The lowest BCUT2D eigenvalue weighted by Crippen LogP contribution is -2.41. The molecule has 0 bridgehead atoms. The summed E-state index contributed by atoms with van der Waals surface area (Å²) >= 11 is 0. The number of aryl methyl sites for hydroxylation is 1. The molecule has 1 aromatic carbocycles. The molecule has 1 amide bonds. The van der Waals surface area contributed by atoms with E-state index in [4.69, 9.17) is 4.74 Å².